The summed E-state index contributed by atoms with van der Waals surface area (Å²) in [5, 5.41) is 3.67. The first-order valence-electron chi connectivity index (χ1n) is 6.30. The predicted octanol–water partition coefficient (Wildman–Crippen LogP) is 2.60. The molecule has 2 heteroatoms. The molecule has 0 aliphatic rings. The quantitative estimate of drug-likeness (QED) is 0.668. The first-order chi connectivity index (χ1) is 6.91. The summed E-state index contributed by atoms with van der Waals surface area (Å²) in [5.74, 6) is 1.58. The SMILES string of the molecule is CC(C)CC(CC(C)C)NCCN(C)C. The Bertz CT molecular complexity index is 131. The van der Waals surface area contributed by atoms with Gasteiger partial charge in [0, 0.05) is 19.1 Å². The van der Waals surface area contributed by atoms with E-state index in [1.165, 1.54) is 12.8 Å². The van der Waals surface area contributed by atoms with Crippen LogP contribution in [0.25, 0.3) is 0 Å². The minimum absolute atomic E-state index is 0.699. The van der Waals surface area contributed by atoms with Gasteiger partial charge >= 0.3 is 0 Å². The van der Waals surface area contributed by atoms with E-state index in [9.17, 15) is 0 Å². The first-order valence-corrected chi connectivity index (χ1v) is 6.30. The van der Waals surface area contributed by atoms with Gasteiger partial charge < -0.3 is 10.2 Å². The van der Waals surface area contributed by atoms with Crippen LogP contribution >= 0.6 is 0 Å². The first kappa shape index (κ1) is 14.9. The molecule has 0 spiro atoms. The zero-order valence-electron chi connectivity index (χ0n) is 11.5. The van der Waals surface area contributed by atoms with Crippen molar-refractivity contribution in [1.82, 2.24) is 10.2 Å². The van der Waals surface area contributed by atoms with Crippen LogP contribution in [0.15, 0.2) is 0 Å². The van der Waals surface area contributed by atoms with Crippen LogP contribution in [0.4, 0.5) is 0 Å². The molecule has 0 atom stereocenters. The molecule has 1 N–H and O–H groups in total. The van der Waals surface area contributed by atoms with E-state index in [1.807, 2.05) is 0 Å². The summed E-state index contributed by atoms with van der Waals surface area (Å²) in [6, 6.07) is 0.699. The van der Waals surface area contributed by atoms with Crippen molar-refractivity contribution in [3.63, 3.8) is 0 Å². The number of nitrogens with one attached hydrogen (secondary N) is 1. The second-order valence-corrected chi connectivity index (χ2v) is 5.71. The zero-order chi connectivity index (χ0) is 11.8. The summed E-state index contributed by atoms with van der Waals surface area (Å²) < 4.78 is 0. The maximum absolute atomic E-state index is 3.67. The van der Waals surface area contributed by atoms with Gasteiger partial charge in [-0.1, -0.05) is 27.7 Å². The van der Waals surface area contributed by atoms with E-state index >= 15 is 0 Å². The van der Waals surface area contributed by atoms with Crippen LogP contribution in [-0.2, 0) is 0 Å². The van der Waals surface area contributed by atoms with E-state index in [2.05, 4.69) is 52.0 Å². The number of likely N-dealkylation sites (N-methyl/N-ethyl adjacent to an activating group) is 1. The molecule has 2 nitrogen and oxygen atoms in total. The molecule has 0 fully saturated rings. The third kappa shape index (κ3) is 10.2. The predicted molar refractivity (Wildman–Crippen MR) is 69.3 cm³/mol. The largest absolute Gasteiger partial charge is 0.313 e. The molecule has 0 saturated heterocycles. The highest BCUT2D eigenvalue weighted by Gasteiger charge is 2.11. The van der Waals surface area contributed by atoms with E-state index in [-0.39, 0.29) is 0 Å². The monoisotopic (exact) mass is 214 g/mol. The summed E-state index contributed by atoms with van der Waals surface area (Å²) >= 11 is 0. The zero-order valence-corrected chi connectivity index (χ0v) is 11.5. The Balaban J connectivity index is 3.79. The number of hydrogen-bond acceptors (Lipinski definition) is 2. The molecule has 0 aliphatic heterocycles. The Morgan fingerprint density at radius 2 is 1.40 bits per heavy atom. The highest BCUT2D eigenvalue weighted by Crippen LogP contribution is 2.12. The summed E-state index contributed by atoms with van der Waals surface area (Å²) in [4.78, 5) is 2.23. The van der Waals surface area contributed by atoms with Gasteiger partial charge in [0.1, 0.15) is 0 Å². The Hall–Kier alpha value is -0.0800. The summed E-state index contributed by atoms with van der Waals surface area (Å²) in [6.07, 6.45) is 2.59. The molecule has 0 amide bonds. The van der Waals surface area contributed by atoms with E-state index in [0.29, 0.717) is 6.04 Å². The van der Waals surface area contributed by atoms with Gasteiger partial charge in [-0.05, 0) is 38.8 Å². The van der Waals surface area contributed by atoms with Gasteiger partial charge in [-0.15, -0.1) is 0 Å². The average molecular weight is 214 g/mol. The summed E-state index contributed by atoms with van der Waals surface area (Å²) in [5.41, 5.74) is 0. The summed E-state index contributed by atoms with van der Waals surface area (Å²) in [6.45, 7) is 11.5. The van der Waals surface area contributed by atoms with Crippen LogP contribution in [0.2, 0.25) is 0 Å². The molecule has 0 unspecified atom stereocenters. The van der Waals surface area contributed by atoms with Gasteiger partial charge in [-0.25, -0.2) is 0 Å². The molecule has 0 aromatic carbocycles. The van der Waals surface area contributed by atoms with Gasteiger partial charge in [0.25, 0.3) is 0 Å². The lowest BCUT2D eigenvalue weighted by atomic mass is 9.96. The Morgan fingerprint density at radius 1 is 0.933 bits per heavy atom. The minimum Gasteiger partial charge on any atom is -0.313 e. The van der Waals surface area contributed by atoms with Gasteiger partial charge in [0.15, 0.2) is 0 Å². The Morgan fingerprint density at radius 3 is 1.73 bits per heavy atom. The second-order valence-electron chi connectivity index (χ2n) is 5.71. The fourth-order valence-electron chi connectivity index (χ4n) is 1.89. The van der Waals surface area contributed by atoms with Crippen molar-refractivity contribution in [3.05, 3.63) is 0 Å². The standard InChI is InChI=1S/C13H30N2/c1-11(2)9-13(10-12(3)4)14-7-8-15(5)6/h11-14H,7-10H2,1-6H3. The fraction of sp³-hybridized carbons (Fsp3) is 1.00. The molecule has 92 valence electrons. The number of nitrogens with zero attached hydrogens (tertiary/aromatic N) is 1. The van der Waals surface area contributed by atoms with Crippen molar-refractivity contribution >= 4 is 0 Å². The molecule has 0 radical (unpaired) electrons. The molecule has 0 bridgehead atoms. The van der Waals surface area contributed by atoms with Crippen molar-refractivity contribution in [2.24, 2.45) is 11.8 Å². The molecule has 0 heterocycles. The van der Waals surface area contributed by atoms with Crippen molar-refractivity contribution in [3.8, 4) is 0 Å². The third-order valence-electron chi connectivity index (χ3n) is 2.50. The molecule has 15 heavy (non-hydrogen) atoms. The maximum Gasteiger partial charge on any atom is 0.0101 e. The smallest absolute Gasteiger partial charge is 0.0101 e. The van der Waals surface area contributed by atoms with Crippen molar-refractivity contribution in [1.29, 1.82) is 0 Å². The van der Waals surface area contributed by atoms with E-state index in [4.69, 9.17) is 0 Å². The van der Waals surface area contributed by atoms with Crippen LogP contribution in [-0.4, -0.2) is 38.1 Å². The molecule has 0 aromatic rings. The van der Waals surface area contributed by atoms with Gasteiger partial charge in [0.05, 0.1) is 0 Å². The highest BCUT2D eigenvalue weighted by molar-refractivity contribution is 4.70. The molecule has 0 aliphatic carbocycles. The average Bonchev–Trinajstić information content (AvgIpc) is 2.00. The van der Waals surface area contributed by atoms with Gasteiger partial charge in [-0.2, -0.15) is 0 Å². The van der Waals surface area contributed by atoms with E-state index < -0.39 is 0 Å². The second kappa shape index (κ2) is 8.12. The van der Waals surface area contributed by atoms with Crippen molar-refractivity contribution in [2.45, 2.75) is 46.6 Å². The van der Waals surface area contributed by atoms with Crippen LogP contribution in [0, 0.1) is 11.8 Å². The molecule has 0 rings (SSSR count). The van der Waals surface area contributed by atoms with Crippen LogP contribution in [0.1, 0.15) is 40.5 Å². The van der Waals surface area contributed by atoms with E-state index in [0.717, 1.165) is 24.9 Å². The lowest BCUT2D eigenvalue weighted by molar-refractivity contribution is 0.331. The van der Waals surface area contributed by atoms with Gasteiger partial charge in [-0.3, -0.25) is 0 Å². The summed E-state index contributed by atoms with van der Waals surface area (Å²) in [7, 11) is 4.25. The third-order valence-corrected chi connectivity index (χ3v) is 2.50. The van der Waals surface area contributed by atoms with E-state index in [1.54, 1.807) is 0 Å². The minimum atomic E-state index is 0.699. The Kier molecular flexibility index (Phi) is 8.07. The lowest BCUT2D eigenvalue weighted by Gasteiger charge is -2.23. The topological polar surface area (TPSA) is 15.3 Å². The van der Waals surface area contributed by atoms with Crippen LogP contribution < -0.4 is 5.32 Å². The highest BCUT2D eigenvalue weighted by atomic mass is 15.1. The Labute approximate surface area is 96.4 Å². The molecule has 0 saturated carbocycles. The van der Waals surface area contributed by atoms with Crippen LogP contribution in [0.3, 0.4) is 0 Å². The fourth-order valence-corrected chi connectivity index (χ4v) is 1.89. The van der Waals surface area contributed by atoms with Crippen molar-refractivity contribution in [2.75, 3.05) is 27.2 Å². The number of hydrogen-bond donors (Lipinski definition) is 1. The normalized spacial score (nSPS) is 12.4. The molecular weight excluding hydrogens is 184 g/mol. The molecular formula is C13H30N2. The maximum atomic E-state index is 3.67. The lowest BCUT2D eigenvalue weighted by Crippen LogP contribution is -2.36. The van der Waals surface area contributed by atoms with Gasteiger partial charge in [0.2, 0.25) is 0 Å². The van der Waals surface area contributed by atoms with Crippen LogP contribution in [0.5, 0.6) is 0 Å². The number of rotatable bonds is 8. The molecule has 0 aromatic heterocycles. The van der Waals surface area contributed by atoms with Crippen molar-refractivity contribution < 1.29 is 0 Å².